The van der Waals surface area contributed by atoms with E-state index in [2.05, 4.69) is 34.0 Å². The molecule has 0 amide bonds. The van der Waals surface area contributed by atoms with Gasteiger partial charge in [0.1, 0.15) is 30.5 Å². The predicted molar refractivity (Wildman–Crippen MR) is 175 cm³/mol. The van der Waals surface area contributed by atoms with Crippen molar-refractivity contribution in [3.05, 3.63) is 71.7 Å². The van der Waals surface area contributed by atoms with Crippen LogP contribution < -0.4 is 5.32 Å². The molecule has 46 heavy (non-hydrogen) atoms. The molecule has 2 aliphatic rings. The third-order valence-corrected chi connectivity index (χ3v) is 9.30. The Morgan fingerprint density at radius 1 is 0.913 bits per heavy atom. The highest BCUT2D eigenvalue weighted by Gasteiger charge is 2.34. The van der Waals surface area contributed by atoms with Gasteiger partial charge in [0.2, 0.25) is 29.9 Å². The number of alkyl halides is 1. The van der Waals surface area contributed by atoms with Crippen LogP contribution in [0.3, 0.4) is 0 Å². The maximum Gasteiger partial charge on any atom is 0.218 e. The van der Waals surface area contributed by atoms with E-state index in [-0.39, 0.29) is 34.9 Å². The van der Waals surface area contributed by atoms with Crippen LogP contribution in [0, 0.1) is 11.8 Å². The summed E-state index contributed by atoms with van der Waals surface area (Å²) >= 11 is 4.64. The fraction of sp³-hybridized carbons (Fsp3) is 0.548. The lowest BCUT2D eigenvalue weighted by Gasteiger charge is -2.22. The molecule has 2 saturated heterocycles. The van der Waals surface area contributed by atoms with E-state index in [1.807, 2.05) is 18.2 Å². The van der Waals surface area contributed by atoms with E-state index < -0.39 is 25.8 Å². The lowest BCUT2D eigenvalue weighted by molar-refractivity contribution is -0.0996. The Balaban J connectivity index is 0.000000315. The number of benzene rings is 1. The molecule has 0 bridgehead atoms. The molecule has 0 radical (unpaired) electrons. The molecule has 2 aliphatic heterocycles. The third-order valence-electron chi connectivity index (χ3n) is 7.40. The second-order valence-electron chi connectivity index (χ2n) is 10.8. The average Bonchev–Trinajstić information content (AvgIpc) is 3.87. The van der Waals surface area contributed by atoms with Gasteiger partial charge in [0, 0.05) is 64.6 Å². The first-order valence-electron chi connectivity index (χ1n) is 14.6. The van der Waals surface area contributed by atoms with Crippen LogP contribution in [0.2, 0.25) is 0 Å². The van der Waals surface area contributed by atoms with Crippen LogP contribution in [0.4, 0.5) is 0 Å². The first-order chi connectivity index (χ1) is 22.0. The van der Waals surface area contributed by atoms with E-state index >= 15 is 0 Å². The van der Waals surface area contributed by atoms with Crippen molar-refractivity contribution >= 4 is 31.3 Å². The molecule has 4 unspecified atom stereocenters. The van der Waals surface area contributed by atoms with Gasteiger partial charge in [0.25, 0.3) is 0 Å². The number of likely N-dealkylation sites (tertiary alicyclic amines) is 1. The lowest BCUT2D eigenvalue weighted by Crippen LogP contribution is -2.23. The van der Waals surface area contributed by atoms with Gasteiger partial charge in [-0.25, -0.2) is 16.8 Å². The second-order valence-corrected chi connectivity index (χ2v) is 14.7. The molecule has 0 spiro atoms. The van der Waals surface area contributed by atoms with Crippen LogP contribution in [-0.4, -0.2) is 98.0 Å². The number of nitrogens with one attached hydrogen (secondary N) is 1. The monoisotopic (exact) mass is 706 g/mol. The number of hydrogen-bond acceptors (Lipinski definition) is 12. The van der Waals surface area contributed by atoms with Gasteiger partial charge >= 0.3 is 0 Å². The summed E-state index contributed by atoms with van der Waals surface area (Å²) in [7, 11) is -4.14. The molecule has 5 rings (SSSR count). The number of furan rings is 2. The van der Waals surface area contributed by atoms with E-state index in [4.69, 9.17) is 23.4 Å². The minimum atomic E-state index is -3.37. The van der Waals surface area contributed by atoms with Gasteiger partial charge in [-0.15, -0.1) is 11.6 Å². The molecule has 0 aliphatic carbocycles. The van der Waals surface area contributed by atoms with Gasteiger partial charge in [-0.3, -0.25) is 4.90 Å². The van der Waals surface area contributed by atoms with Gasteiger partial charge < -0.3 is 33.8 Å². The lowest BCUT2D eigenvalue weighted by atomic mass is 9.99. The quantitative estimate of drug-likeness (QED) is 0.196. The number of halogens is 1. The molecule has 4 heterocycles. The molecule has 2 aromatic heterocycles. The molecule has 12 nitrogen and oxygen atoms in total. The van der Waals surface area contributed by atoms with E-state index in [1.165, 1.54) is 30.1 Å². The van der Waals surface area contributed by atoms with Crippen molar-refractivity contribution in [1.29, 1.82) is 0 Å². The Bertz CT molecular complexity index is 1490. The normalized spacial score (nSPS) is 19.6. The zero-order valence-corrected chi connectivity index (χ0v) is 29.4. The summed E-state index contributed by atoms with van der Waals surface area (Å²) in [5.74, 6) is 1.18. The minimum Gasteiger partial charge on any atom is -0.447 e. The van der Waals surface area contributed by atoms with Crippen LogP contribution in [-0.2, 0) is 35.7 Å². The summed E-state index contributed by atoms with van der Waals surface area (Å²) in [4.78, 5) is 2.38. The molecule has 2 fully saturated rings. The van der Waals surface area contributed by atoms with Crippen LogP contribution in [0.15, 0.2) is 73.6 Å². The fourth-order valence-corrected chi connectivity index (χ4v) is 6.37. The van der Waals surface area contributed by atoms with E-state index in [0.29, 0.717) is 11.5 Å². The maximum atomic E-state index is 11.7. The summed E-state index contributed by atoms with van der Waals surface area (Å²) in [5.41, 5.74) is 1.28. The van der Waals surface area contributed by atoms with Gasteiger partial charge in [0.15, 0.2) is 0 Å². The number of aliphatic hydroxyl groups excluding tert-OH is 2. The largest absolute Gasteiger partial charge is 0.447 e. The summed E-state index contributed by atoms with van der Waals surface area (Å²) in [6.07, 6.45) is 4.46. The number of hydrogen-bond donors (Lipinski definition) is 3. The molecule has 260 valence electrons. The molecular weight excluding hydrogens is 660 g/mol. The Hall–Kier alpha value is -2.27. The molecule has 1 aromatic carbocycles. The molecule has 15 heteroatoms. The first kappa shape index (κ1) is 39.9. The molecule has 0 saturated carbocycles. The predicted octanol–water partition coefficient (Wildman–Crippen LogP) is 3.66. The van der Waals surface area contributed by atoms with Gasteiger partial charge in [-0.2, -0.15) is 0 Å². The van der Waals surface area contributed by atoms with E-state index in [9.17, 15) is 21.9 Å². The highest BCUT2D eigenvalue weighted by molar-refractivity contribution is 7.90. The summed E-state index contributed by atoms with van der Waals surface area (Å²) in [6, 6.07) is 16.4. The van der Waals surface area contributed by atoms with Crippen molar-refractivity contribution < 1.29 is 45.4 Å². The number of sulfone groups is 2. The number of methoxy groups -OCH3 is 1. The molecule has 3 N–H and O–H groups in total. The third kappa shape index (κ3) is 12.1. The average molecular weight is 707 g/mol. The Kier molecular flexibility index (Phi) is 16.9. The second kappa shape index (κ2) is 19.5. The summed E-state index contributed by atoms with van der Waals surface area (Å²) in [6.45, 7) is 4.46. The number of aliphatic hydroxyl groups is 2. The van der Waals surface area contributed by atoms with E-state index in [1.54, 1.807) is 13.2 Å². The zero-order valence-electron chi connectivity index (χ0n) is 27.0. The summed E-state index contributed by atoms with van der Waals surface area (Å²) in [5, 5.41) is 20.0. The molecule has 3 aromatic rings. The van der Waals surface area contributed by atoms with Crippen molar-refractivity contribution in [3.63, 3.8) is 0 Å². The summed E-state index contributed by atoms with van der Waals surface area (Å²) < 4.78 is 67.4. The molecular formula is C31H47ClN2O10S2. The maximum absolute atomic E-state index is 11.7. The number of rotatable bonds is 11. The van der Waals surface area contributed by atoms with Crippen LogP contribution >= 0.6 is 11.6 Å². The van der Waals surface area contributed by atoms with Crippen LogP contribution in [0.25, 0.3) is 0 Å². The van der Waals surface area contributed by atoms with Crippen molar-refractivity contribution in [1.82, 2.24) is 10.2 Å². The fourth-order valence-electron chi connectivity index (χ4n) is 5.24. The van der Waals surface area contributed by atoms with Crippen molar-refractivity contribution in [2.75, 3.05) is 66.1 Å². The molecule has 4 atom stereocenters. The highest BCUT2D eigenvalue weighted by atomic mass is 35.5. The number of nitrogens with zero attached hydrogens (tertiary/aromatic N) is 1. The van der Waals surface area contributed by atoms with E-state index in [0.717, 1.165) is 65.2 Å². The standard InChI is InChI=1S/C19H25NO5S.C10H15NO4S.CH3Cl.CH4O/c1-23-14-24-19(17-8-9-18(25-17)26(2,21)22)16-10-11-20(13-16)12-15-6-4-3-5-7-15;1-16(13,14)9-3-2-8(15-9)10(12)7-4-5-11-6-7;2*1-2/h3-9,16,19H,10-14H2,1-2H3;2-3,7,10-12H,4-6H2,1H3;1H3;2H,1H3. The Morgan fingerprint density at radius 2 is 1.50 bits per heavy atom. The Labute approximate surface area is 277 Å². The van der Waals surface area contributed by atoms with Gasteiger partial charge in [0.05, 0.1) is 0 Å². The highest BCUT2D eigenvalue weighted by Crippen LogP contribution is 2.35. The van der Waals surface area contributed by atoms with Crippen LogP contribution in [0.1, 0.15) is 42.1 Å². The van der Waals surface area contributed by atoms with Crippen LogP contribution in [0.5, 0.6) is 0 Å². The minimum absolute atomic E-state index is 0.0299. The first-order valence-corrected chi connectivity index (χ1v) is 19.2. The van der Waals surface area contributed by atoms with Crippen molar-refractivity contribution in [3.8, 4) is 0 Å². The van der Waals surface area contributed by atoms with Crippen molar-refractivity contribution in [2.45, 2.75) is 41.8 Å². The number of ether oxygens (including phenoxy) is 2. The Morgan fingerprint density at radius 3 is 2.02 bits per heavy atom. The zero-order chi connectivity index (χ0) is 34.3. The van der Waals surface area contributed by atoms with Gasteiger partial charge in [-0.05, 0) is 55.8 Å². The van der Waals surface area contributed by atoms with Gasteiger partial charge in [-0.1, -0.05) is 30.3 Å². The van der Waals surface area contributed by atoms with Crippen molar-refractivity contribution in [2.24, 2.45) is 11.8 Å². The SMILES string of the molecule is CCl.CO.COCOC(c1ccc(S(C)(=O)=O)o1)C1CCN(Cc2ccccc2)C1.CS(=O)(=O)c1ccc(C(O)C2CCNC2)o1. The topological polar surface area (TPSA) is 169 Å². The smallest absolute Gasteiger partial charge is 0.218 e.